The number of thioether (sulfide) groups is 2. The van der Waals surface area contributed by atoms with E-state index in [1.165, 1.54) is 83.5 Å². The van der Waals surface area contributed by atoms with Crippen LogP contribution < -0.4 is 0 Å². The van der Waals surface area contributed by atoms with Gasteiger partial charge < -0.3 is 5.11 Å². The standard InChI is InChI=1S/C22H40ClN3OS2/c1-2-3-4-5-6-7-8-9-10-11-12-13-15-18-28-21-24-20(23)25-22(26-21)29-19-16-14-17-27/h27H,2-19H2,1H3. The lowest BCUT2D eigenvalue weighted by molar-refractivity contribution is 0.287. The van der Waals surface area contributed by atoms with Crippen molar-refractivity contribution in [3.05, 3.63) is 5.28 Å². The van der Waals surface area contributed by atoms with Gasteiger partial charge in [0.25, 0.3) is 0 Å². The number of aliphatic hydroxyl groups is 1. The van der Waals surface area contributed by atoms with Gasteiger partial charge in [0.1, 0.15) is 0 Å². The molecule has 0 aliphatic carbocycles. The Morgan fingerprint density at radius 2 is 1.03 bits per heavy atom. The average molecular weight is 462 g/mol. The van der Waals surface area contributed by atoms with Crippen molar-refractivity contribution in [2.24, 2.45) is 0 Å². The maximum atomic E-state index is 8.83. The van der Waals surface area contributed by atoms with Crippen molar-refractivity contribution in [1.29, 1.82) is 0 Å². The molecule has 4 nitrogen and oxygen atoms in total. The summed E-state index contributed by atoms with van der Waals surface area (Å²) in [5, 5.41) is 10.5. The number of hydrogen-bond donors (Lipinski definition) is 1. The van der Waals surface area contributed by atoms with Gasteiger partial charge in [-0.2, -0.15) is 15.0 Å². The third-order valence-electron chi connectivity index (χ3n) is 4.83. The van der Waals surface area contributed by atoms with Crippen LogP contribution >= 0.6 is 35.1 Å². The molecule has 0 saturated heterocycles. The van der Waals surface area contributed by atoms with Crippen molar-refractivity contribution in [2.75, 3.05) is 18.1 Å². The Kier molecular flexibility index (Phi) is 18.5. The van der Waals surface area contributed by atoms with E-state index in [1.807, 2.05) is 0 Å². The number of halogens is 1. The number of aromatic nitrogens is 3. The summed E-state index contributed by atoms with van der Waals surface area (Å²) in [5.74, 6) is 1.93. The van der Waals surface area contributed by atoms with Gasteiger partial charge >= 0.3 is 0 Å². The summed E-state index contributed by atoms with van der Waals surface area (Å²) in [6.45, 7) is 2.51. The Morgan fingerprint density at radius 1 is 0.621 bits per heavy atom. The molecule has 0 saturated carbocycles. The van der Waals surface area contributed by atoms with Crippen LogP contribution in [0.5, 0.6) is 0 Å². The predicted molar refractivity (Wildman–Crippen MR) is 128 cm³/mol. The Balaban J connectivity index is 1.98. The van der Waals surface area contributed by atoms with E-state index in [-0.39, 0.29) is 11.9 Å². The van der Waals surface area contributed by atoms with Crippen molar-refractivity contribution in [3.63, 3.8) is 0 Å². The van der Waals surface area contributed by atoms with E-state index in [4.69, 9.17) is 16.7 Å². The van der Waals surface area contributed by atoms with Gasteiger partial charge in [0.05, 0.1) is 0 Å². The molecule has 0 amide bonds. The second kappa shape index (κ2) is 19.9. The van der Waals surface area contributed by atoms with Gasteiger partial charge in [-0.1, -0.05) is 107 Å². The summed E-state index contributed by atoms with van der Waals surface area (Å²) in [4.78, 5) is 12.9. The van der Waals surface area contributed by atoms with Crippen LogP contribution in [0.2, 0.25) is 5.28 Å². The van der Waals surface area contributed by atoms with Crippen LogP contribution in [0.3, 0.4) is 0 Å². The molecule has 0 spiro atoms. The third kappa shape index (κ3) is 16.3. The molecule has 168 valence electrons. The second-order valence-electron chi connectivity index (χ2n) is 7.54. The first-order valence-electron chi connectivity index (χ1n) is 11.5. The van der Waals surface area contributed by atoms with Gasteiger partial charge in [0.15, 0.2) is 10.3 Å². The summed E-state index contributed by atoms with van der Waals surface area (Å²) in [7, 11) is 0. The molecular weight excluding hydrogens is 422 g/mol. The Hall–Kier alpha value is -0.0400. The van der Waals surface area contributed by atoms with Gasteiger partial charge in [0, 0.05) is 18.1 Å². The van der Waals surface area contributed by atoms with Crippen molar-refractivity contribution in [1.82, 2.24) is 15.0 Å². The maximum absolute atomic E-state index is 8.83. The van der Waals surface area contributed by atoms with Gasteiger partial charge in [-0.3, -0.25) is 0 Å². The van der Waals surface area contributed by atoms with Crippen LogP contribution in [0.15, 0.2) is 10.3 Å². The van der Waals surface area contributed by atoms with Crippen LogP contribution in [0.25, 0.3) is 0 Å². The summed E-state index contributed by atoms with van der Waals surface area (Å²) < 4.78 is 0. The Bertz CT molecular complexity index is 509. The van der Waals surface area contributed by atoms with E-state index in [9.17, 15) is 0 Å². The fourth-order valence-corrected chi connectivity index (χ4v) is 5.09. The molecule has 29 heavy (non-hydrogen) atoms. The minimum Gasteiger partial charge on any atom is -0.396 e. The van der Waals surface area contributed by atoms with Crippen LogP contribution in [-0.2, 0) is 0 Å². The molecule has 0 aromatic carbocycles. The zero-order chi connectivity index (χ0) is 21.0. The van der Waals surface area contributed by atoms with E-state index in [1.54, 1.807) is 23.5 Å². The van der Waals surface area contributed by atoms with Crippen LogP contribution in [0.4, 0.5) is 0 Å². The number of hydrogen-bond acceptors (Lipinski definition) is 6. The number of aliphatic hydroxyl groups excluding tert-OH is 1. The highest BCUT2D eigenvalue weighted by Crippen LogP contribution is 2.22. The van der Waals surface area contributed by atoms with E-state index in [2.05, 4.69) is 21.9 Å². The Morgan fingerprint density at radius 3 is 1.48 bits per heavy atom. The normalized spacial score (nSPS) is 11.3. The number of nitrogens with zero attached hydrogens (tertiary/aromatic N) is 3. The molecule has 0 radical (unpaired) electrons. The largest absolute Gasteiger partial charge is 0.396 e. The van der Waals surface area contributed by atoms with Gasteiger partial charge in [-0.05, 0) is 30.9 Å². The van der Waals surface area contributed by atoms with Crippen LogP contribution in [-0.4, -0.2) is 38.2 Å². The first kappa shape index (κ1) is 27.0. The molecule has 1 heterocycles. The monoisotopic (exact) mass is 461 g/mol. The fourth-order valence-electron chi connectivity index (χ4n) is 3.10. The topological polar surface area (TPSA) is 58.9 Å². The third-order valence-corrected chi connectivity index (χ3v) is 6.87. The smallest absolute Gasteiger partial charge is 0.227 e. The van der Waals surface area contributed by atoms with Crippen molar-refractivity contribution in [3.8, 4) is 0 Å². The van der Waals surface area contributed by atoms with Gasteiger partial charge in [-0.25, -0.2) is 0 Å². The van der Waals surface area contributed by atoms with E-state index in [0.29, 0.717) is 5.16 Å². The molecule has 1 N–H and O–H groups in total. The molecule has 0 aliphatic rings. The molecule has 0 aliphatic heterocycles. The molecule has 7 heteroatoms. The lowest BCUT2D eigenvalue weighted by Crippen LogP contribution is -1.96. The van der Waals surface area contributed by atoms with E-state index in [0.717, 1.165) is 29.5 Å². The molecule has 0 bridgehead atoms. The first-order valence-corrected chi connectivity index (χ1v) is 13.9. The summed E-state index contributed by atoms with van der Waals surface area (Å²) in [6.07, 6.45) is 19.6. The van der Waals surface area contributed by atoms with Gasteiger partial charge in [0.2, 0.25) is 5.28 Å². The van der Waals surface area contributed by atoms with E-state index >= 15 is 0 Å². The Labute approximate surface area is 191 Å². The van der Waals surface area contributed by atoms with Crippen LogP contribution in [0, 0.1) is 0 Å². The summed E-state index contributed by atoms with van der Waals surface area (Å²) in [6, 6.07) is 0. The minimum absolute atomic E-state index is 0.235. The van der Waals surface area contributed by atoms with Crippen molar-refractivity contribution >= 4 is 35.1 Å². The summed E-state index contributed by atoms with van der Waals surface area (Å²) in [5.41, 5.74) is 0. The van der Waals surface area contributed by atoms with E-state index < -0.39 is 0 Å². The highest BCUT2D eigenvalue weighted by molar-refractivity contribution is 7.99. The fraction of sp³-hybridized carbons (Fsp3) is 0.864. The molecule has 1 aromatic rings. The quantitative estimate of drug-likeness (QED) is 0.159. The highest BCUT2D eigenvalue weighted by Gasteiger charge is 2.06. The highest BCUT2D eigenvalue weighted by atomic mass is 35.5. The van der Waals surface area contributed by atoms with Gasteiger partial charge in [-0.15, -0.1) is 0 Å². The molecular formula is C22H40ClN3OS2. The lowest BCUT2D eigenvalue weighted by Gasteiger charge is -2.04. The number of unbranched alkanes of at least 4 members (excludes halogenated alkanes) is 13. The summed E-state index contributed by atoms with van der Waals surface area (Å²) >= 11 is 9.28. The first-order chi connectivity index (χ1) is 14.3. The zero-order valence-electron chi connectivity index (χ0n) is 18.2. The molecule has 1 rings (SSSR count). The predicted octanol–water partition coefficient (Wildman–Crippen LogP) is 7.57. The molecule has 0 unspecified atom stereocenters. The lowest BCUT2D eigenvalue weighted by atomic mass is 10.1. The van der Waals surface area contributed by atoms with Crippen molar-refractivity contribution in [2.45, 2.75) is 114 Å². The molecule has 0 fully saturated rings. The zero-order valence-corrected chi connectivity index (χ0v) is 20.6. The second-order valence-corrected chi connectivity index (χ2v) is 10.0. The minimum atomic E-state index is 0.235. The number of rotatable bonds is 20. The van der Waals surface area contributed by atoms with Crippen LogP contribution in [0.1, 0.15) is 103 Å². The molecule has 1 aromatic heterocycles. The SMILES string of the molecule is CCCCCCCCCCCCCCCSc1nc(Cl)nc(SCCCCO)n1. The molecule has 0 atom stereocenters. The van der Waals surface area contributed by atoms with Crippen molar-refractivity contribution < 1.29 is 5.11 Å². The maximum Gasteiger partial charge on any atom is 0.227 e. The average Bonchev–Trinajstić information content (AvgIpc) is 2.71.